The second-order valence-corrected chi connectivity index (χ2v) is 10.1. The highest BCUT2D eigenvalue weighted by Gasteiger charge is 2.17. The molecule has 0 spiro atoms. The first-order valence-electron chi connectivity index (χ1n) is 9.12. The SMILES string of the molecule is CC(=NCS(=O)(=O)c1ccc(C)cc1)c1ccc2c(c1)Cc1ccccc1S2. The summed E-state index contributed by atoms with van der Waals surface area (Å²) in [5, 5.41) is 0. The van der Waals surface area contributed by atoms with Crippen molar-refractivity contribution in [2.45, 2.75) is 35.0 Å². The lowest BCUT2D eigenvalue weighted by molar-refractivity contribution is 0.596. The molecule has 0 bridgehead atoms. The van der Waals surface area contributed by atoms with Crippen molar-refractivity contribution in [2.75, 3.05) is 5.88 Å². The van der Waals surface area contributed by atoms with Crippen molar-refractivity contribution in [2.24, 2.45) is 4.99 Å². The van der Waals surface area contributed by atoms with Gasteiger partial charge in [-0.25, -0.2) is 8.42 Å². The number of aryl methyl sites for hydroxylation is 1. The predicted octanol–water partition coefficient (Wildman–Crippen LogP) is 5.29. The Bertz CT molecular complexity index is 1160. The maximum atomic E-state index is 12.5. The van der Waals surface area contributed by atoms with Crippen LogP contribution in [0.4, 0.5) is 0 Å². The molecule has 3 aromatic rings. The highest BCUT2D eigenvalue weighted by atomic mass is 32.2. The number of benzene rings is 3. The third-order valence-electron chi connectivity index (χ3n) is 4.90. The van der Waals surface area contributed by atoms with Crippen LogP contribution in [0, 0.1) is 6.92 Å². The lowest BCUT2D eigenvalue weighted by Gasteiger charge is -2.19. The van der Waals surface area contributed by atoms with E-state index >= 15 is 0 Å². The quantitative estimate of drug-likeness (QED) is 0.432. The number of aliphatic imine (C=N–C) groups is 1. The standard InChI is InChI=1S/C23H21NO2S2/c1-16-7-10-21(11-8-16)28(25,26)15-24-17(2)18-9-12-23-20(13-18)14-19-5-3-4-6-22(19)27-23/h3-13H,14-15H2,1-2H3. The minimum atomic E-state index is -3.43. The fourth-order valence-electron chi connectivity index (χ4n) is 3.21. The average Bonchev–Trinajstić information content (AvgIpc) is 2.70. The molecule has 0 N–H and O–H groups in total. The van der Waals surface area contributed by atoms with Crippen molar-refractivity contribution >= 4 is 27.3 Å². The second kappa shape index (κ2) is 7.57. The van der Waals surface area contributed by atoms with Crippen LogP contribution in [-0.4, -0.2) is 20.0 Å². The Morgan fingerprint density at radius 3 is 2.46 bits per heavy atom. The summed E-state index contributed by atoms with van der Waals surface area (Å²) in [7, 11) is -3.43. The average molecular weight is 408 g/mol. The van der Waals surface area contributed by atoms with Gasteiger partial charge in [-0.2, -0.15) is 0 Å². The Balaban J connectivity index is 1.56. The van der Waals surface area contributed by atoms with Gasteiger partial charge in [0.15, 0.2) is 9.84 Å². The summed E-state index contributed by atoms with van der Waals surface area (Å²) in [5.74, 6) is -0.240. The molecule has 0 aromatic heterocycles. The zero-order chi connectivity index (χ0) is 19.7. The van der Waals surface area contributed by atoms with E-state index in [-0.39, 0.29) is 5.88 Å². The highest BCUT2D eigenvalue weighted by Crippen LogP contribution is 2.39. The molecule has 142 valence electrons. The lowest BCUT2D eigenvalue weighted by atomic mass is 10.0. The molecule has 0 unspecified atom stereocenters. The van der Waals surface area contributed by atoms with E-state index in [9.17, 15) is 8.42 Å². The largest absolute Gasteiger partial charge is 0.273 e. The molecule has 0 radical (unpaired) electrons. The van der Waals surface area contributed by atoms with Crippen LogP contribution in [0.25, 0.3) is 0 Å². The summed E-state index contributed by atoms with van der Waals surface area (Å²) in [6, 6.07) is 21.6. The minimum absolute atomic E-state index is 0.240. The molecular formula is C23H21NO2S2. The summed E-state index contributed by atoms with van der Waals surface area (Å²) < 4.78 is 25.1. The van der Waals surface area contributed by atoms with Crippen LogP contribution >= 0.6 is 11.8 Å². The van der Waals surface area contributed by atoms with Gasteiger partial charge in [-0.1, -0.05) is 53.7 Å². The van der Waals surface area contributed by atoms with Gasteiger partial charge in [0.05, 0.1) is 4.90 Å². The fourth-order valence-corrected chi connectivity index (χ4v) is 5.33. The smallest absolute Gasteiger partial charge is 0.198 e. The third-order valence-corrected chi connectivity index (χ3v) is 7.60. The molecule has 0 atom stereocenters. The predicted molar refractivity (Wildman–Crippen MR) is 115 cm³/mol. The topological polar surface area (TPSA) is 46.5 Å². The van der Waals surface area contributed by atoms with Crippen molar-refractivity contribution in [3.63, 3.8) is 0 Å². The zero-order valence-corrected chi connectivity index (χ0v) is 17.5. The van der Waals surface area contributed by atoms with Gasteiger partial charge >= 0.3 is 0 Å². The number of nitrogens with zero attached hydrogens (tertiary/aromatic N) is 1. The Labute approximate surface area is 170 Å². The van der Waals surface area contributed by atoms with E-state index in [4.69, 9.17) is 0 Å². The van der Waals surface area contributed by atoms with E-state index in [0.717, 1.165) is 23.3 Å². The van der Waals surface area contributed by atoms with Crippen molar-refractivity contribution in [1.82, 2.24) is 0 Å². The van der Waals surface area contributed by atoms with Gasteiger partial charge in [0.1, 0.15) is 5.88 Å². The van der Waals surface area contributed by atoms with Crippen molar-refractivity contribution < 1.29 is 8.42 Å². The molecule has 3 aromatic carbocycles. The number of fused-ring (bicyclic) bond motifs is 2. The third kappa shape index (κ3) is 3.91. The van der Waals surface area contributed by atoms with Gasteiger partial charge in [-0.15, -0.1) is 0 Å². The Kier molecular flexibility index (Phi) is 5.13. The first-order valence-corrected chi connectivity index (χ1v) is 11.6. The first-order chi connectivity index (χ1) is 13.4. The Morgan fingerprint density at radius 1 is 0.964 bits per heavy atom. The van der Waals surface area contributed by atoms with E-state index in [2.05, 4.69) is 41.4 Å². The Morgan fingerprint density at radius 2 is 1.68 bits per heavy atom. The van der Waals surface area contributed by atoms with Crippen molar-refractivity contribution in [1.29, 1.82) is 0 Å². The van der Waals surface area contributed by atoms with Gasteiger partial charge in [0.2, 0.25) is 0 Å². The number of hydrogen-bond donors (Lipinski definition) is 0. The van der Waals surface area contributed by atoms with Crippen LogP contribution in [0.3, 0.4) is 0 Å². The van der Waals surface area contributed by atoms with Gasteiger partial charge in [0.25, 0.3) is 0 Å². The highest BCUT2D eigenvalue weighted by molar-refractivity contribution is 7.99. The molecule has 4 rings (SSSR count). The van der Waals surface area contributed by atoms with E-state index in [0.29, 0.717) is 4.90 Å². The van der Waals surface area contributed by atoms with Crippen LogP contribution in [0.5, 0.6) is 0 Å². The van der Waals surface area contributed by atoms with E-state index < -0.39 is 9.84 Å². The van der Waals surface area contributed by atoms with Crippen LogP contribution in [0.1, 0.15) is 29.2 Å². The molecule has 1 aliphatic rings. The molecular weight excluding hydrogens is 386 g/mol. The zero-order valence-electron chi connectivity index (χ0n) is 15.8. The normalized spacial score (nSPS) is 13.7. The monoisotopic (exact) mass is 407 g/mol. The van der Waals surface area contributed by atoms with Crippen molar-refractivity contribution in [3.8, 4) is 0 Å². The van der Waals surface area contributed by atoms with Crippen LogP contribution < -0.4 is 0 Å². The van der Waals surface area contributed by atoms with Gasteiger partial charge < -0.3 is 0 Å². The number of rotatable bonds is 4. The molecule has 1 heterocycles. The molecule has 1 aliphatic heterocycles. The summed E-state index contributed by atoms with van der Waals surface area (Å²) in [5.41, 5.74) is 5.33. The van der Waals surface area contributed by atoms with Gasteiger partial charge in [0, 0.05) is 15.5 Å². The molecule has 0 saturated carbocycles. The second-order valence-electron chi connectivity index (χ2n) is 7.01. The maximum Gasteiger partial charge on any atom is 0.198 e. The Hall–Kier alpha value is -2.37. The van der Waals surface area contributed by atoms with Gasteiger partial charge in [-0.05, 0) is 67.3 Å². The summed E-state index contributed by atoms with van der Waals surface area (Å²) in [6.45, 7) is 3.81. The molecule has 0 aliphatic carbocycles. The first kappa shape index (κ1) is 19.0. The maximum absolute atomic E-state index is 12.5. The fraction of sp³-hybridized carbons (Fsp3) is 0.174. The van der Waals surface area contributed by atoms with Crippen LogP contribution in [0.2, 0.25) is 0 Å². The molecule has 3 nitrogen and oxygen atoms in total. The van der Waals surface area contributed by atoms with Crippen LogP contribution in [0.15, 0.2) is 86.4 Å². The molecule has 28 heavy (non-hydrogen) atoms. The summed E-state index contributed by atoms with van der Waals surface area (Å²) in [4.78, 5) is 7.25. The lowest BCUT2D eigenvalue weighted by Crippen LogP contribution is -2.08. The number of hydrogen-bond acceptors (Lipinski definition) is 4. The minimum Gasteiger partial charge on any atom is -0.273 e. The molecule has 0 saturated heterocycles. The van der Waals surface area contributed by atoms with E-state index in [1.807, 2.05) is 32.0 Å². The van der Waals surface area contributed by atoms with Gasteiger partial charge in [-0.3, -0.25) is 4.99 Å². The number of sulfone groups is 1. The van der Waals surface area contributed by atoms with Crippen molar-refractivity contribution in [3.05, 3.63) is 89.0 Å². The molecule has 5 heteroatoms. The van der Waals surface area contributed by atoms with E-state index in [1.165, 1.54) is 20.9 Å². The van der Waals surface area contributed by atoms with E-state index in [1.54, 1.807) is 23.9 Å². The summed E-state index contributed by atoms with van der Waals surface area (Å²) in [6.07, 6.45) is 0.890. The molecule has 0 amide bonds. The molecule has 0 fully saturated rings. The summed E-state index contributed by atoms with van der Waals surface area (Å²) >= 11 is 1.78. The van der Waals surface area contributed by atoms with Crippen LogP contribution in [-0.2, 0) is 16.3 Å².